The topological polar surface area (TPSA) is 48.8 Å². The van der Waals surface area contributed by atoms with E-state index in [-0.39, 0.29) is 17.9 Å². The highest BCUT2D eigenvalue weighted by molar-refractivity contribution is 6.06. The van der Waals surface area contributed by atoms with Crippen molar-refractivity contribution in [3.05, 3.63) is 36.0 Å². The summed E-state index contributed by atoms with van der Waals surface area (Å²) < 4.78 is 2.05. The summed E-state index contributed by atoms with van der Waals surface area (Å²) in [6.07, 6.45) is 4.16. The maximum Gasteiger partial charge on any atom is 0.254 e. The van der Waals surface area contributed by atoms with Crippen LogP contribution in [0.25, 0.3) is 10.9 Å². The maximum atomic E-state index is 13.4. The second-order valence-electron chi connectivity index (χ2n) is 8.20. The molecule has 6 heteroatoms. The van der Waals surface area contributed by atoms with Crippen LogP contribution >= 0.6 is 0 Å². The third-order valence-corrected chi connectivity index (χ3v) is 6.07. The molecule has 3 fully saturated rings. The molecule has 0 N–H and O–H groups in total. The van der Waals surface area contributed by atoms with Crippen LogP contribution in [0.1, 0.15) is 23.2 Å². The summed E-state index contributed by atoms with van der Waals surface area (Å²) >= 11 is 0. The van der Waals surface area contributed by atoms with E-state index in [1.807, 2.05) is 31.4 Å². The molecule has 6 nitrogen and oxygen atoms in total. The van der Waals surface area contributed by atoms with Crippen molar-refractivity contribution in [3.8, 4) is 0 Å². The number of likely N-dealkylation sites (N-methyl/N-ethyl adjacent to an activating group) is 1. The predicted molar refractivity (Wildman–Crippen MR) is 106 cm³/mol. The first-order valence-electron chi connectivity index (χ1n) is 9.71. The summed E-state index contributed by atoms with van der Waals surface area (Å²) in [5.41, 5.74) is 1.87. The van der Waals surface area contributed by atoms with Crippen LogP contribution in [0, 0.1) is 5.92 Å². The molecule has 2 amide bonds. The molecular formula is C21H28N4O2. The fraction of sp³-hybridized carbons (Fsp3) is 0.524. The van der Waals surface area contributed by atoms with Crippen molar-refractivity contribution >= 4 is 22.7 Å². The number of fused-ring (bicyclic) bond motifs is 5. The molecule has 27 heavy (non-hydrogen) atoms. The summed E-state index contributed by atoms with van der Waals surface area (Å²) in [6, 6.07) is 8.17. The van der Waals surface area contributed by atoms with Gasteiger partial charge >= 0.3 is 0 Å². The van der Waals surface area contributed by atoms with Crippen LogP contribution in [0.3, 0.4) is 0 Å². The molecule has 3 saturated heterocycles. The van der Waals surface area contributed by atoms with Gasteiger partial charge in [-0.1, -0.05) is 6.07 Å². The first kappa shape index (κ1) is 18.0. The number of carbonyl (C=O) groups is 2. The summed E-state index contributed by atoms with van der Waals surface area (Å²) in [7, 11) is 5.60. The van der Waals surface area contributed by atoms with Gasteiger partial charge in [0.2, 0.25) is 5.91 Å². The van der Waals surface area contributed by atoms with E-state index in [0.717, 1.165) is 48.9 Å². The van der Waals surface area contributed by atoms with Crippen molar-refractivity contribution in [1.29, 1.82) is 0 Å². The lowest BCUT2D eigenvalue weighted by atomic mass is 9.94. The molecular weight excluding hydrogens is 340 g/mol. The maximum absolute atomic E-state index is 13.4. The van der Waals surface area contributed by atoms with E-state index in [9.17, 15) is 9.59 Å². The fourth-order valence-corrected chi connectivity index (χ4v) is 4.53. The molecule has 3 aliphatic rings. The number of hydrogen-bond donors (Lipinski definition) is 0. The number of benzene rings is 1. The van der Waals surface area contributed by atoms with E-state index < -0.39 is 0 Å². The Labute approximate surface area is 160 Å². The zero-order valence-electron chi connectivity index (χ0n) is 16.4. The first-order chi connectivity index (χ1) is 12.9. The van der Waals surface area contributed by atoms with Gasteiger partial charge in [0.1, 0.15) is 0 Å². The minimum Gasteiger partial charge on any atom is -0.351 e. The number of rotatable bonds is 3. The third-order valence-electron chi connectivity index (χ3n) is 6.07. The van der Waals surface area contributed by atoms with Crippen molar-refractivity contribution in [1.82, 2.24) is 19.3 Å². The molecule has 2 aromatic rings. The van der Waals surface area contributed by atoms with Gasteiger partial charge in [-0.3, -0.25) is 14.5 Å². The minimum atomic E-state index is 0.127. The van der Waals surface area contributed by atoms with Gasteiger partial charge in [0.25, 0.3) is 5.91 Å². The average molecular weight is 368 g/mol. The lowest BCUT2D eigenvalue weighted by molar-refractivity contribution is -0.129. The molecule has 0 unspecified atom stereocenters. The number of nitrogens with zero attached hydrogens (tertiary/aromatic N) is 4. The predicted octanol–water partition coefficient (Wildman–Crippen LogP) is 1.80. The number of amides is 2. The van der Waals surface area contributed by atoms with Crippen molar-refractivity contribution < 1.29 is 9.59 Å². The molecule has 0 spiro atoms. The molecule has 0 saturated carbocycles. The van der Waals surface area contributed by atoms with E-state index in [1.54, 1.807) is 19.0 Å². The SMILES string of the molecule is CN(C)C(=O)CN1C[C@H]2CC[C@@H](C1)N(C(=O)c1cccc3c1ccn3C)C2. The highest BCUT2D eigenvalue weighted by Crippen LogP contribution is 2.30. The summed E-state index contributed by atoms with van der Waals surface area (Å²) in [4.78, 5) is 31.5. The quantitative estimate of drug-likeness (QED) is 0.830. The molecule has 144 valence electrons. The van der Waals surface area contributed by atoms with Crippen molar-refractivity contribution in [3.63, 3.8) is 0 Å². The Morgan fingerprint density at radius 3 is 2.70 bits per heavy atom. The largest absolute Gasteiger partial charge is 0.351 e. The standard InChI is InChI=1S/C21H28N4O2/c1-22(2)20(26)14-24-11-15-7-8-16(13-24)25(12-15)21(27)18-5-4-6-19-17(18)9-10-23(19)3/h4-6,9-10,15-16H,7-8,11-14H2,1-3H3/t15-,16+/m1/s1. The normalized spacial score (nSPS) is 22.9. The highest BCUT2D eigenvalue weighted by Gasteiger charge is 2.38. The summed E-state index contributed by atoms with van der Waals surface area (Å²) in [6.45, 7) is 2.91. The van der Waals surface area contributed by atoms with Gasteiger partial charge in [0, 0.05) is 69.5 Å². The van der Waals surface area contributed by atoms with E-state index in [1.165, 1.54) is 0 Å². The van der Waals surface area contributed by atoms with E-state index in [4.69, 9.17) is 0 Å². The average Bonchev–Trinajstić information content (AvgIpc) is 2.83. The van der Waals surface area contributed by atoms with Crippen molar-refractivity contribution in [2.24, 2.45) is 13.0 Å². The summed E-state index contributed by atoms with van der Waals surface area (Å²) in [5.74, 6) is 0.697. The Balaban J connectivity index is 1.57. The second-order valence-corrected chi connectivity index (χ2v) is 8.20. The van der Waals surface area contributed by atoms with E-state index in [2.05, 4.69) is 20.4 Å². The number of hydrogen-bond acceptors (Lipinski definition) is 3. The number of aryl methyl sites for hydroxylation is 1. The molecule has 1 aromatic carbocycles. The Kier molecular flexibility index (Phi) is 4.68. The number of aromatic nitrogens is 1. The molecule has 0 aliphatic carbocycles. The fourth-order valence-electron chi connectivity index (χ4n) is 4.53. The Bertz CT molecular complexity index is 872. The van der Waals surface area contributed by atoms with Gasteiger partial charge in [0.05, 0.1) is 6.54 Å². The van der Waals surface area contributed by atoms with Gasteiger partial charge < -0.3 is 14.4 Å². The molecule has 3 aliphatic heterocycles. The molecule has 2 atom stereocenters. The third kappa shape index (κ3) is 3.34. The van der Waals surface area contributed by atoms with Crippen LogP contribution in [0.2, 0.25) is 0 Å². The van der Waals surface area contributed by atoms with Crippen molar-refractivity contribution in [2.75, 3.05) is 40.3 Å². The summed E-state index contributed by atoms with van der Waals surface area (Å²) in [5, 5.41) is 1.02. The molecule has 1 aromatic heterocycles. The van der Waals surface area contributed by atoms with Gasteiger partial charge in [-0.25, -0.2) is 0 Å². The number of carbonyl (C=O) groups excluding carboxylic acids is 2. The Morgan fingerprint density at radius 1 is 1.11 bits per heavy atom. The van der Waals surface area contributed by atoms with E-state index in [0.29, 0.717) is 12.5 Å². The smallest absolute Gasteiger partial charge is 0.254 e. The van der Waals surface area contributed by atoms with Gasteiger partial charge in [-0.2, -0.15) is 0 Å². The van der Waals surface area contributed by atoms with Crippen LogP contribution in [0.15, 0.2) is 30.5 Å². The highest BCUT2D eigenvalue weighted by atomic mass is 16.2. The molecule has 0 radical (unpaired) electrons. The minimum absolute atomic E-state index is 0.127. The van der Waals surface area contributed by atoms with Crippen LogP contribution in [-0.2, 0) is 11.8 Å². The van der Waals surface area contributed by atoms with Crippen LogP contribution in [0.5, 0.6) is 0 Å². The lowest BCUT2D eigenvalue weighted by Crippen LogP contribution is -2.47. The Hall–Kier alpha value is -2.34. The molecule has 2 bridgehead atoms. The van der Waals surface area contributed by atoms with E-state index >= 15 is 0 Å². The molecule has 4 heterocycles. The lowest BCUT2D eigenvalue weighted by Gasteiger charge is -2.36. The second kappa shape index (κ2) is 7.00. The van der Waals surface area contributed by atoms with Crippen LogP contribution in [0.4, 0.5) is 0 Å². The van der Waals surface area contributed by atoms with Gasteiger partial charge in [-0.05, 0) is 37.0 Å². The monoisotopic (exact) mass is 368 g/mol. The van der Waals surface area contributed by atoms with Crippen molar-refractivity contribution in [2.45, 2.75) is 18.9 Å². The van der Waals surface area contributed by atoms with Crippen LogP contribution in [-0.4, -0.2) is 77.4 Å². The molecule has 5 rings (SSSR count). The number of piperidine rings is 1. The zero-order chi connectivity index (χ0) is 19.1. The van der Waals surface area contributed by atoms with Gasteiger partial charge in [-0.15, -0.1) is 0 Å². The van der Waals surface area contributed by atoms with Gasteiger partial charge in [0.15, 0.2) is 0 Å². The Morgan fingerprint density at radius 2 is 1.93 bits per heavy atom. The first-order valence-corrected chi connectivity index (χ1v) is 9.71. The van der Waals surface area contributed by atoms with Crippen LogP contribution < -0.4 is 0 Å². The zero-order valence-corrected chi connectivity index (χ0v) is 16.4.